The lowest BCUT2D eigenvalue weighted by Crippen LogP contribution is -2.13. The molecule has 35 heavy (non-hydrogen) atoms. The van der Waals surface area contributed by atoms with Crippen molar-refractivity contribution in [3.63, 3.8) is 0 Å². The molecule has 4 aromatic rings. The van der Waals surface area contributed by atoms with Gasteiger partial charge in [-0.15, -0.1) is 0 Å². The molecule has 1 amide bonds. The quantitative estimate of drug-likeness (QED) is 0.399. The first-order chi connectivity index (χ1) is 16.9. The average molecular weight is 467 g/mol. The monoisotopic (exact) mass is 466 g/mol. The molecule has 0 fully saturated rings. The van der Waals surface area contributed by atoms with Crippen LogP contribution < -0.4 is 15.4 Å². The number of rotatable bonds is 6. The van der Waals surface area contributed by atoms with E-state index in [4.69, 9.17) is 4.74 Å². The highest BCUT2D eigenvalue weighted by Gasteiger charge is 2.09. The summed E-state index contributed by atoms with van der Waals surface area (Å²) in [7, 11) is 3.79. The van der Waals surface area contributed by atoms with E-state index in [1.165, 1.54) is 6.33 Å². The fourth-order valence-electron chi connectivity index (χ4n) is 3.29. The third-order valence-corrected chi connectivity index (χ3v) is 5.04. The fraction of sp³-hybridized carbons (Fsp3) is 0.185. The van der Waals surface area contributed by atoms with Gasteiger partial charge in [-0.25, -0.2) is 9.97 Å². The number of nitrogens with zero attached hydrogens (tertiary/aromatic N) is 4. The van der Waals surface area contributed by atoms with Crippen molar-refractivity contribution >= 4 is 34.0 Å². The van der Waals surface area contributed by atoms with E-state index in [0.717, 1.165) is 33.6 Å². The molecule has 2 N–H and O–H groups in total. The molecule has 0 atom stereocenters. The predicted octanol–water partition coefficient (Wildman–Crippen LogP) is 4.68. The number of hydrogen-bond donors (Lipinski definition) is 2. The number of anilines is 3. The first-order valence-electron chi connectivity index (χ1n) is 11.0. The molecular formula is C27H26N6O2. The Labute approximate surface area is 204 Å². The smallest absolute Gasteiger partial charge is 0.300 e. The molecule has 0 aliphatic carbocycles. The molecule has 0 radical (unpaired) electrons. The number of carbonyl (C=O) groups excluding carboxylic acids is 1. The Kier molecular flexibility index (Phi) is 7.19. The molecule has 0 saturated heterocycles. The first-order valence-corrected chi connectivity index (χ1v) is 11.0. The molecule has 0 bridgehead atoms. The molecule has 0 unspecified atom stereocenters. The highest BCUT2D eigenvalue weighted by molar-refractivity contribution is 6.05. The SMILES string of the molecule is Cc1ccc(Oc2ccc(Nc3ncnc4ccc(NC(=O)C#CCN(C)C)cc34)cc2C)cn1. The van der Waals surface area contributed by atoms with Gasteiger partial charge in [-0.1, -0.05) is 5.92 Å². The summed E-state index contributed by atoms with van der Waals surface area (Å²) < 4.78 is 5.96. The number of carbonyl (C=O) groups is 1. The lowest BCUT2D eigenvalue weighted by molar-refractivity contribution is -0.111. The minimum atomic E-state index is -0.368. The van der Waals surface area contributed by atoms with Crippen molar-refractivity contribution in [3.05, 3.63) is 72.3 Å². The molecule has 2 heterocycles. The Bertz CT molecular complexity index is 1420. The Morgan fingerprint density at radius 2 is 1.83 bits per heavy atom. The number of aromatic nitrogens is 3. The lowest BCUT2D eigenvalue weighted by atomic mass is 10.1. The molecule has 176 valence electrons. The Hall–Kier alpha value is -4.48. The molecule has 4 rings (SSSR count). The van der Waals surface area contributed by atoms with Gasteiger partial charge < -0.3 is 15.4 Å². The summed E-state index contributed by atoms with van der Waals surface area (Å²) in [5.74, 6) is 7.10. The van der Waals surface area contributed by atoms with Gasteiger partial charge in [-0.05, 0) is 88.0 Å². The number of ether oxygens (including phenoxy) is 1. The van der Waals surface area contributed by atoms with Crippen molar-refractivity contribution in [2.45, 2.75) is 13.8 Å². The summed E-state index contributed by atoms with van der Waals surface area (Å²) in [4.78, 5) is 27.1. The summed E-state index contributed by atoms with van der Waals surface area (Å²) in [5, 5.41) is 6.93. The van der Waals surface area contributed by atoms with Gasteiger partial charge in [0.05, 0.1) is 18.3 Å². The summed E-state index contributed by atoms with van der Waals surface area (Å²) in [5.41, 5.74) is 4.11. The van der Waals surface area contributed by atoms with Crippen LogP contribution in [0.3, 0.4) is 0 Å². The third-order valence-electron chi connectivity index (χ3n) is 5.04. The van der Waals surface area contributed by atoms with Gasteiger partial charge in [-0.3, -0.25) is 14.7 Å². The maximum Gasteiger partial charge on any atom is 0.300 e. The van der Waals surface area contributed by atoms with Gasteiger partial charge in [0.1, 0.15) is 23.6 Å². The van der Waals surface area contributed by atoms with Crippen molar-refractivity contribution in [2.24, 2.45) is 0 Å². The Morgan fingerprint density at radius 1 is 1.00 bits per heavy atom. The number of nitrogens with one attached hydrogen (secondary N) is 2. The number of hydrogen-bond acceptors (Lipinski definition) is 7. The number of fused-ring (bicyclic) bond motifs is 1. The van der Waals surface area contributed by atoms with E-state index >= 15 is 0 Å². The second kappa shape index (κ2) is 10.6. The third kappa shape index (κ3) is 6.31. The van der Waals surface area contributed by atoms with Crippen LogP contribution >= 0.6 is 0 Å². The zero-order valence-electron chi connectivity index (χ0n) is 20.1. The molecule has 0 aliphatic rings. The molecular weight excluding hydrogens is 440 g/mol. The average Bonchev–Trinajstić information content (AvgIpc) is 2.82. The van der Waals surface area contributed by atoms with Crippen LogP contribution in [0.2, 0.25) is 0 Å². The zero-order chi connectivity index (χ0) is 24.8. The largest absolute Gasteiger partial charge is 0.455 e. The zero-order valence-corrected chi connectivity index (χ0v) is 20.1. The van der Waals surface area contributed by atoms with Crippen LogP contribution in [0.1, 0.15) is 11.3 Å². The Balaban J connectivity index is 1.52. The van der Waals surface area contributed by atoms with Crippen molar-refractivity contribution in [1.29, 1.82) is 0 Å². The van der Waals surface area contributed by atoms with Gasteiger partial charge >= 0.3 is 0 Å². The van der Waals surface area contributed by atoms with E-state index in [1.807, 2.05) is 75.3 Å². The van der Waals surface area contributed by atoms with Crippen LogP contribution in [0.15, 0.2) is 61.1 Å². The van der Waals surface area contributed by atoms with E-state index in [0.29, 0.717) is 23.8 Å². The number of pyridine rings is 1. The molecule has 0 aliphatic heterocycles. The summed E-state index contributed by atoms with van der Waals surface area (Å²) in [6, 6.07) is 15.1. The molecule has 2 aromatic carbocycles. The van der Waals surface area contributed by atoms with Gasteiger partial charge in [-0.2, -0.15) is 0 Å². The lowest BCUT2D eigenvalue weighted by Gasteiger charge is -2.13. The van der Waals surface area contributed by atoms with Crippen LogP contribution in [0.4, 0.5) is 17.2 Å². The van der Waals surface area contributed by atoms with Gasteiger partial charge in [0, 0.05) is 22.5 Å². The van der Waals surface area contributed by atoms with Crippen molar-refractivity contribution in [1.82, 2.24) is 19.9 Å². The van der Waals surface area contributed by atoms with Gasteiger partial charge in [0.15, 0.2) is 0 Å². The van der Waals surface area contributed by atoms with Gasteiger partial charge in [0.2, 0.25) is 0 Å². The van der Waals surface area contributed by atoms with E-state index in [9.17, 15) is 4.79 Å². The number of amides is 1. The van der Waals surface area contributed by atoms with E-state index in [2.05, 4.69) is 37.4 Å². The van der Waals surface area contributed by atoms with Crippen LogP contribution in [0.5, 0.6) is 11.5 Å². The van der Waals surface area contributed by atoms with E-state index in [1.54, 1.807) is 12.3 Å². The molecule has 8 heteroatoms. The van der Waals surface area contributed by atoms with E-state index < -0.39 is 0 Å². The topological polar surface area (TPSA) is 92.3 Å². The summed E-state index contributed by atoms with van der Waals surface area (Å²) in [6.45, 7) is 4.42. The van der Waals surface area contributed by atoms with Crippen molar-refractivity contribution in [2.75, 3.05) is 31.3 Å². The predicted molar refractivity (Wildman–Crippen MR) is 138 cm³/mol. The standard InChI is InChI=1S/C27H26N6O2/c1-18-14-20(9-12-25(18)35-22-10-7-19(2)28-16-22)32-27-23-15-21(8-11-24(23)29-17-30-27)31-26(34)6-5-13-33(3)4/h7-12,14-17H,13H2,1-4H3,(H,31,34)(H,29,30,32). The minimum absolute atomic E-state index is 0.368. The van der Waals surface area contributed by atoms with Crippen molar-refractivity contribution in [3.8, 4) is 23.3 Å². The number of benzene rings is 2. The highest BCUT2D eigenvalue weighted by atomic mass is 16.5. The number of aryl methyl sites for hydroxylation is 2. The van der Waals surface area contributed by atoms with Crippen LogP contribution in [-0.4, -0.2) is 46.4 Å². The second-order valence-corrected chi connectivity index (χ2v) is 8.29. The normalized spacial score (nSPS) is 10.5. The minimum Gasteiger partial charge on any atom is -0.455 e. The van der Waals surface area contributed by atoms with Crippen molar-refractivity contribution < 1.29 is 9.53 Å². The molecule has 0 spiro atoms. The second-order valence-electron chi connectivity index (χ2n) is 8.29. The molecule has 0 saturated carbocycles. The van der Waals surface area contributed by atoms with Crippen LogP contribution in [-0.2, 0) is 4.79 Å². The maximum absolute atomic E-state index is 12.2. The Morgan fingerprint density at radius 3 is 2.57 bits per heavy atom. The summed E-state index contributed by atoms with van der Waals surface area (Å²) in [6.07, 6.45) is 3.21. The molecule has 2 aromatic heterocycles. The highest BCUT2D eigenvalue weighted by Crippen LogP contribution is 2.30. The van der Waals surface area contributed by atoms with Gasteiger partial charge in [0.25, 0.3) is 5.91 Å². The molecule has 8 nitrogen and oxygen atoms in total. The van der Waals surface area contributed by atoms with E-state index in [-0.39, 0.29) is 5.91 Å². The van der Waals surface area contributed by atoms with Crippen LogP contribution in [0, 0.1) is 25.7 Å². The first kappa shape index (κ1) is 23.7. The summed E-state index contributed by atoms with van der Waals surface area (Å²) >= 11 is 0. The fourth-order valence-corrected chi connectivity index (χ4v) is 3.29. The maximum atomic E-state index is 12.2. The van der Waals surface area contributed by atoms with Crippen LogP contribution in [0.25, 0.3) is 10.9 Å².